The van der Waals surface area contributed by atoms with Gasteiger partial charge in [-0.05, 0) is 0 Å². The van der Waals surface area contributed by atoms with Crippen LogP contribution in [0.15, 0.2) is 6.33 Å². The summed E-state index contributed by atoms with van der Waals surface area (Å²) in [5.41, 5.74) is 12.2. The van der Waals surface area contributed by atoms with Gasteiger partial charge in [0.1, 0.15) is 5.52 Å². The van der Waals surface area contributed by atoms with Gasteiger partial charge in [0.2, 0.25) is 5.95 Å². The standard InChI is InChI=1S/C9H14N6O2/c1-17-3-5(16)2-15-4-12-6-7(10)13-9(11)14-8(6)15/h4-5,16H,2-3H2,1H3,(H4,10,11,13,14)/t5-/m1/s1. The molecule has 0 aliphatic rings. The Bertz CT molecular complexity index is 525. The third-order valence-electron chi connectivity index (χ3n) is 2.27. The number of methoxy groups -OCH3 is 1. The number of fused-ring (bicyclic) bond motifs is 1. The molecule has 2 aromatic rings. The summed E-state index contributed by atoms with van der Waals surface area (Å²) in [6, 6.07) is 0. The van der Waals surface area contributed by atoms with Crippen molar-refractivity contribution in [3.8, 4) is 0 Å². The number of aromatic nitrogens is 4. The van der Waals surface area contributed by atoms with E-state index in [2.05, 4.69) is 15.0 Å². The topological polar surface area (TPSA) is 125 Å². The van der Waals surface area contributed by atoms with Gasteiger partial charge in [0.25, 0.3) is 0 Å². The highest BCUT2D eigenvalue weighted by Gasteiger charge is 2.12. The third kappa shape index (κ3) is 2.27. The van der Waals surface area contributed by atoms with Crippen LogP contribution in [-0.2, 0) is 11.3 Å². The summed E-state index contributed by atoms with van der Waals surface area (Å²) in [6.45, 7) is 0.538. The third-order valence-corrected chi connectivity index (χ3v) is 2.27. The minimum absolute atomic E-state index is 0.0815. The van der Waals surface area contributed by atoms with E-state index in [1.54, 1.807) is 4.57 Å². The molecule has 0 amide bonds. The first-order valence-corrected chi connectivity index (χ1v) is 5.02. The Kier molecular flexibility index (Phi) is 3.07. The molecule has 0 aromatic carbocycles. The molecule has 0 aliphatic heterocycles. The van der Waals surface area contributed by atoms with Gasteiger partial charge in [0.05, 0.1) is 25.6 Å². The Morgan fingerprint density at radius 2 is 2.24 bits per heavy atom. The predicted molar refractivity (Wildman–Crippen MR) is 62.0 cm³/mol. The number of imidazole rings is 1. The van der Waals surface area contributed by atoms with Gasteiger partial charge in [-0.3, -0.25) is 0 Å². The van der Waals surface area contributed by atoms with Crippen molar-refractivity contribution in [2.24, 2.45) is 0 Å². The number of hydrogen-bond acceptors (Lipinski definition) is 7. The molecule has 92 valence electrons. The van der Waals surface area contributed by atoms with Crippen LogP contribution in [0.1, 0.15) is 0 Å². The fraction of sp³-hybridized carbons (Fsp3) is 0.444. The molecule has 2 heterocycles. The van der Waals surface area contributed by atoms with E-state index in [9.17, 15) is 5.11 Å². The van der Waals surface area contributed by atoms with Crippen LogP contribution in [0.25, 0.3) is 11.2 Å². The molecule has 2 aromatic heterocycles. The molecule has 0 saturated heterocycles. The first-order chi connectivity index (χ1) is 8.11. The second-order valence-electron chi connectivity index (χ2n) is 3.65. The molecule has 0 spiro atoms. The van der Waals surface area contributed by atoms with Crippen LogP contribution < -0.4 is 11.5 Å². The molecule has 17 heavy (non-hydrogen) atoms. The van der Waals surface area contributed by atoms with Crippen LogP contribution >= 0.6 is 0 Å². The van der Waals surface area contributed by atoms with Crippen molar-refractivity contribution in [1.82, 2.24) is 19.5 Å². The van der Waals surface area contributed by atoms with Crippen LogP contribution in [0, 0.1) is 0 Å². The molecule has 0 saturated carbocycles. The lowest BCUT2D eigenvalue weighted by Crippen LogP contribution is -2.21. The lowest BCUT2D eigenvalue weighted by molar-refractivity contribution is 0.0543. The molecular weight excluding hydrogens is 224 g/mol. The second kappa shape index (κ2) is 4.52. The smallest absolute Gasteiger partial charge is 0.224 e. The number of nitrogen functional groups attached to an aromatic ring is 2. The zero-order valence-corrected chi connectivity index (χ0v) is 9.37. The maximum absolute atomic E-state index is 9.64. The van der Waals surface area contributed by atoms with Gasteiger partial charge in [0.15, 0.2) is 11.5 Å². The summed E-state index contributed by atoms with van der Waals surface area (Å²) in [5.74, 6) is 0.311. The van der Waals surface area contributed by atoms with Crippen molar-refractivity contribution in [2.75, 3.05) is 25.2 Å². The number of aliphatic hydroxyl groups is 1. The van der Waals surface area contributed by atoms with Gasteiger partial charge in [-0.25, -0.2) is 4.98 Å². The van der Waals surface area contributed by atoms with Crippen LogP contribution in [0.4, 0.5) is 11.8 Å². The summed E-state index contributed by atoms with van der Waals surface area (Å²) in [4.78, 5) is 11.9. The lowest BCUT2D eigenvalue weighted by Gasteiger charge is -2.10. The van der Waals surface area contributed by atoms with E-state index in [1.165, 1.54) is 13.4 Å². The molecule has 1 atom stereocenters. The van der Waals surface area contributed by atoms with E-state index in [1.807, 2.05) is 0 Å². The molecule has 0 aliphatic carbocycles. The monoisotopic (exact) mass is 238 g/mol. The Balaban J connectivity index is 2.35. The number of nitrogens with two attached hydrogens (primary N) is 2. The van der Waals surface area contributed by atoms with E-state index in [4.69, 9.17) is 16.2 Å². The number of anilines is 2. The Morgan fingerprint density at radius 1 is 1.47 bits per heavy atom. The van der Waals surface area contributed by atoms with E-state index in [0.717, 1.165) is 0 Å². The van der Waals surface area contributed by atoms with E-state index >= 15 is 0 Å². The van der Waals surface area contributed by atoms with Crippen LogP contribution in [-0.4, -0.2) is 44.4 Å². The van der Waals surface area contributed by atoms with E-state index < -0.39 is 6.10 Å². The molecule has 8 nitrogen and oxygen atoms in total. The van der Waals surface area contributed by atoms with E-state index in [0.29, 0.717) is 17.7 Å². The average molecular weight is 238 g/mol. The number of rotatable bonds is 4. The lowest BCUT2D eigenvalue weighted by atomic mass is 10.3. The number of ether oxygens (including phenoxy) is 1. The Labute approximate surface area is 97.2 Å². The van der Waals surface area contributed by atoms with E-state index in [-0.39, 0.29) is 18.4 Å². The second-order valence-corrected chi connectivity index (χ2v) is 3.65. The van der Waals surface area contributed by atoms with Crippen molar-refractivity contribution in [2.45, 2.75) is 12.6 Å². The molecule has 0 bridgehead atoms. The highest BCUT2D eigenvalue weighted by molar-refractivity contribution is 5.82. The highest BCUT2D eigenvalue weighted by atomic mass is 16.5. The number of hydrogen-bond donors (Lipinski definition) is 3. The van der Waals surface area contributed by atoms with Crippen molar-refractivity contribution in [1.29, 1.82) is 0 Å². The highest BCUT2D eigenvalue weighted by Crippen LogP contribution is 2.16. The summed E-state index contributed by atoms with van der Waals surface area (Å²) < 4.78 is 6.51. The van der Waals surface area contributed by atoms with Crippen LogP contribution in [0.5, 0.6) is 0 Å². The van der Waals surface area contributed by atoms with Crippen molar-refractivity contribution in [3.63, 3.8) is 0 Å². The molecule has 8 heteroatoms. The summed E-state index contributed by atoms with van der Waals surface area (Å²) in [7, 11) is 1.52. The maximum Gasteiger partial charge on any atom is 0.224 e. The van der Waals surface area contributed by atoms with Gasteiger partial charge >= 0.3 is 0 Å². The fourth-order valence-corrected chi connectivity index (χ4v) is 1.59. The quantitative estimate of drug-likeness (QED) is 0.623. The maximum atomic E-state index is 9.64. The number of aliphatic hydroxyl groups excluding tert-OH is 1. The first-order valence-electron chi connectivity index (χ1n) is 5.02. The summed E-state index contributed by atoms with van der Waals surface area (Å²) in [5, 5.41) is 9.64. The zero-order valence-electron chi connectivity index (χ0n) is 9.37. The molecule has 0 fully saturated rings. The molecule has 0 unspecified atom stereocenters. The van der Waals surface area contributed by atoms with Crippen LogP contribution in [0.2, 0.25) is 0 Å². The normalized spacial score (nSPS) is 13.1. The van der Waals surface area contributed by atoms with Crippen molar-refractivity contribution >= 4 is 22.9 Å². The van der Waals surface area contributed by atoms with Gasteiger partial charge in [-0.2, -0.15) is 9.97 Å². The Morgan fingerprint density at radius 3 is 2.94 bits per heavy atom. The van der Waals surface area contributed by atoms with Crippen molar-refractivity contribution in [3.05, 3.63) is 6.33 Å². The predicted octanol–water partition coefficient (Wildman–Crippen LogP) is -1.00. The van der Waals surface area contributed by atoms with Crippen LogP contribution in [0.3, 0.4) is 0 Å². The van der Waals surface area contributed by atoms with Gasteiger partial charge in [0, 0.05) is 7.11 Å². The minimum Gasteiger partial charge on any atom is -0.389 e. The van der Waals surface area contributed by atoms with Crippen molar-refractivity contribution < 1.29 is 9.84 Å². The molecular formula is C9H14N6O2. The first kappa shape index (κ1) is 11.6. The molecule has 0 radical (unpaired) electrons. The largest absolute Gasteiger partial charge is 0.389 e. The Hall–Kier alpha value is -1.93. The van der Waals surface area contributed by atoms with Gasteiger partial charge < -0.3 is 25.9 Å². The average Bonchev–Trinajstić information content (AvgIpc) is 2.62. The van der Waals surface area contributed by atoms with Gasteiger partial charge in [-0.15, -0.1) is 0 Å². The zero-order chi connectivity index (χ0) is 12.4. The van der Waals surface area contributed by atoms with Gasteiger partial charge in [-0.1, -0.05) is 0 Å². The summed E-state index contributed by atoms with van der Waals surface area (Å²) in [6.07, 6.45) is 0.892. The number of nitrogens with zero attached hydrogens (tertiary/aromatic N) is 4. The fourth-order valence-electron chi connectivity index (χ4n) is 1.59. The summed E-state index contributed by atoms with van der Waals surface area (Å²) >= 11 is 0. The molecule has 5 N–H and O–H groups in total. The molecule has 2 rings (SSSR count). The minimum atomic E-state index is -0.644. The SMILES string of the molecule is COC[C@H](O)Cn1cnc2c(N)nc(N)nc21.